The summed E-state index contributed by atoms with van der Waals surface area (Å²) in [6.45, 7) is 1.15. The summed E-state index contributed by atoms with van der Waals surface area (Å²) < 4.78 is 5.18. The number of carbonyl (C=O) groups excluding carboxylic acids is 1. The summed E-state index contributed by atoms with van der Waals surface area (Å²) in [4.78, 5) is 17.5. The van der Waals surface area contributed by atoms with E-state index in [-0.39, 0.29) is 12.5 Å². The molecule has 0 radical (unpaired) electrons. The molecular weight excluding hydrogens is 220 g/mol. The van der Waals surface area contributed by atoms with Crippen LogP contribution in [-0.2, 0) is 4.74 Å². The molecule has 17 heavy (non-hydrogen) atoms. The van der Waals surface area contributed by atoms with E-state index in [9.17, 15) is 4.79 Å². The topological polar surface area (TPSA) is 92.2 Å². The van der Waals surface area contributed by atoms with Gasteiger partial charge in [0.1, 0.15) is 5.82 Å². The molecule has 1 amide bonds. The van der Waals surface area contributed by atoms with Crippen molar-refractivity contribution in [2.75, 3.05) is 25.4 Å². The largest absolute Gasteiger partial charge is 0.384 e. The Labute approximate surface area is 98.6 Å². The number of anilines is 1. The van der Waals surface area contributed by atoms with Gasteiger partial charge in [-0.05, 0) is 12.1 Å². The van der Waals surface area contributed by atoms with Crippen LogP contribution in [0.25, 0.3) is 0 Å². The molecule has 2 N–H and O–H groups in total. The average molecular weight is 232 g/mol. The molecule has 1 aliphatic rings. The number of aromatic nitrogens is 1. The summed E-state index contributed by atoms with van der Waals surface area (Å²) in [5.74, 6) is 0.156. The molecule has 88 valence electrons. The first-order valence-corrected chi connectivity index (χ1v) is 5.22. The Hall–Kier alpha value is -2.13. The molecule has 1 unspecified atom stereocenters. The van der Waals surface area contributed by atoms with Gasteiger partial charge in [0.25, 0.3) is 5.91 Å². The van der Waals surface area contributed by atoms with E-state index in [1.165, 1.54) is 12.3 Å². The van der Waals surface area contributed by atoms with Gasteiger partial charge in [-0.2, -0.15) is 5.26 Å². The predicted octanol–water partition coefficient (Wildman–Crippen LogP) is 0.0284. The van der Waals surface area contributed by atoms with Crippen LogP contribution in [0.3, 0.4) is 0 Å². The summed E-state index contributed by atoms with van der Waals surface area (Å²) in [6.07, 6.45) is 0.942. The highest BCUT2D eigenvalue weighted by Gasteiger charge is 2.24. The molecule has 6 nitrogen and oxygen atoms in total. The Kier molecular flexibility index (Phi) is 3.21. The molecule has 0 saturated carbocycles. The lowest BCUT2D eigenvalue weighted by Crippen LogP contribution is -2.45. The maximum atomic E-state index is 12.1. The highest BCUT2D eigenvalue weighted by molar-refractivity contribution is 5.94. The first-order valence-electron chi connectivity index (χ1n) is 5.22. The minimum absolute atomic E-state index is 0.150. The Balaban J connectivity index is 2.12. The third-order valence-corrected chi connectivity index (χ3v) is 2.53. The molecule has 2 rings (SSSR count). The van der Waals surface area contributed by atoms with Gasteiger partial charge < -0.3 is 15.4 Å². The normalized spacial score (nSPS) is 19.7. The number of carbonyl (C=O) groups is 1. The fraction of sp³-hybridized carbons (Fsp3) is 0.364. The number of nitrogens with zero attached hydrogens (tertiary/aromatic N) is 3. The number of hydrogen-bond acceptors (Lipinski definition) is 5. The molecule has 1 aliphatic heterocycles. The second-order valence-electron chi connectivity index (χ2n) is 3.71. The van der Waals surface area contributed by atoms with Gasteiger partial charge in [0.05, 0.1) is 19.2 Å². The average Bonchev–Trinajstić information content (AvgIpc) is 2.38. The number of ether oxygens (including phenoxy) is 1. The minimum atomic E-state index is -0.549. The standard InChI is InChI=1S/C11H12N4O2/c12-6-9-7-15(3-4-17-9)11(16)8-1-2-14-10(13)5-8/h1-2,5,9H,3-4,7H2,(H2,13,14). The van der Waals surface area contributed by atoms with Gasteiger partial charge in [-0.25, -0.2) is 4.98 Å². The van der Waals surface area contributed by atoms with Gasteiger partial charge in [0.15, 0.2) is 6.10 Å². The van der Waals surface area contributed by atoms with Crippen LogP contribution in [0.15, 0.2) is 18.3 Å². The van der Waals surface area contributed by atoms with Gasteiger partial charge in [0, 0.05) is 18.3 Å². The zero-order chi connectivity index (χ0) is 12.3. The van der Waals surface area contributed by atoms with E-state index in [1.807, 2.05) is 6.07 Å². The molecular formula is C11H12N4O2. The van der Waals surface area contributed by atoms with E-state index in [0.29, 0.717) is 24.5 Å². The quantitative estimate of drug-likeness (QED) is 0.737. The highest BCUT2D eigenvalue weighted by Crippen LogP contribution is 2.11. The van der Waals surface area contributed by atoms with Crippen molar-refractivity contribution in [1.29, 1.82) is 5.26 Å². The monoisotopic (exact) mass is 232 g/mol. The van der Waals surface area contributed by atoms with Crippen molar-refractivity contribution in [3.05, 3.63) is 23.9 Å². The lowest BCUT2D eigenvalue weighted by molar-refractivity contribution is 0.00347. The van der Waals surface area contributed by atoms with Gasteiger partial charge in [-0.3, -0.25) is 4.79 Å². The summed E-state index contributed by atoms with van der Waals surface area (Å²) >= 11 is 0. The zero-order valence-electron chi connectivity index (χ0n) is 9.17. The van der Waals surface area contributed by atoms with E-state index >= 15 is 0 Å². The number of morpholine rings is 1. The number of nitrogen functional groups attached to an aromatic ring is 1. The van der Waals surface area contributed by atoms with E-state index in [2.05, 4.69) is 4.98 Å². The summed E-state index contributed by atoms with van der Waals surface area (Å²) in [6, 6.07) is 5.13. The molecule has 2 heterocycles. The second-order valence-corrected chi connectivity index (χ2v) is 3.71. The number of amides is 1. The molecule has 1 fully saturated rings. The maximum absolute atomic E-state index is 12.1. The van der Waals surface area contributed by atoms with E-state index in [0.717, 1.165) is 0 Å². The van der Waals surface area contributed by atoms with Crippen LogP contribution >= 0.6 is 0 Å². The van der Waals surface area contributed by atoms with Crippen molar-refractivity contribution in [1.82, 2.24) is 9.88 Å². The molecule has 6 heteroatoms. The van der Waals surface area contributed by atoms with E-state index in [4.69, 9.17) is 15.7 Å². The maximum Gasteiger partial charge on any atom is 0.254 e. The van der Waals surface area contributed by atoms with E-state index in [1.54, 1.807) is 11.0 Å². The van der Waals surface area contributed by atoms with E-state index < -0.39 is 6.10 Å². The van der Waals surface area contributed by atoms with Gasteiger partial charge >= 0.3 is 0 Å². The Bertz CT molecular complexity index is 469. The van der Waals surface area contributed by atoms with Gasteiger partial charge in [-0.1, -0.05) is 0 Å². The van der Waals surface area contributed by atoms with Crippen LogP contribution in [0.1, 0.15) is 10.4 Å². The number of nitrogens with two attached hydrogens (primary N) is 1. The number of rotatable bonds is 1. The lowest BCUT2D eigenvalue weighted by atomic mass is 10.2. The zero-order valence-corrected chi connectivity index (χ0v) is 9.17. The Morgan fingerprint density at radius 2 is 2.53 bits per heavy atom. The molecule has 1 atom stereocenters. The smallest absolute Gasteiger partial charge is 0.254 e. The molecule has 0 spiro atoms. The summed E-state index contributed by atoms with van der Waals surface area (Å²) in [7, 11) is 0. The van der Waals surface area contributed by atoms with Crippen molar-refractivity contribution in [2.45, 2.75) is 6.10 Å². The number of hydrogen-bond donors (Lipinski definition) is 1. The van der Waals surface area contributed by atoms with Crippen molar-refractivity contribution >= 4 is 11.7 Å². The Morgan fingerprint density at radius 3 is 3.24 bits per heavy atom. The Morgan fingerprint density at radius 1 is 1.71 bits per heavy atom. The number of pyridine rings is 1. The predicted molar refractivity (Wildman–Crippen MR) is 59.9 cm³/mol. The third kappa shape index (κ3) is 2.52. The SMILES string of the molecule is N#CC1CN(C(=O)c2ccnc(N)c2)CCO1. The fourth-order valence-corrected chi connectivity index (χ4v) is 1.68. The van der Waals surface area contributed by atoms with Crippen molar-refractivity contribution in [3.8, 4) is 6.07 Å². The molecule has 1 aromatic rings. The first-order chi connectivity index (χ1) is 8.20. The number of nitriles is 1. The lowest BCUT2D eigenvalue weighted by Gasteiger charge is -2.29. The molecule has 0 aliphatic carbocycles. The van der Waals surface area contributed by atoms with Crippen molar-refractivity contribution < 1.29 is 9.53 Å². The van der Waals surface area contributed by atoms with Crippen molar-refractivity contribution in [2.24, 2.45) is 0 Å². The first kappa shape index (κ1) is 11.4. The van der Waals surface area contributed by atoms with Crippen LogP contribution in [0, 0.1) is 11.3 Å². The molecule has 0 aromatic carbocycles. The van der Waals surface area contributed by atoms with Crippen molar-refractivity contribution in [3.63, 3.8) is 0 Å². The fourth-order valence-electron chi connectivity index (χ4n) is 1.68. The van der Waals surface area contributed by atoms with Crippen LogP contribution in [0.4, 0.5) is 5.82 Å². The van der Waals surface area contributed by atoms with Crippen LogP contribution in [-0.4, -0.2) is 41.6 Å². The summed E-state index contributed by atoms with van der Waals surface area (Å²) in [5.41, 5.74) is 6.00. The molecule has 0 bridgehead atoms. The van der Waals surface area contributed by atoms with Crippen LogP contribution in [0.5, 0.6) is 0 Å². The van der Waals surface area contributed by atoms with Gasteiger partial charge in [-0.15, -0.1) is 0 Å². The highest BCUT2D eigenvalue weighted by atomic mass is 16.5. The summed E-state index contributed by atoms with van der Waals surface area (Å²) in [5, 5.41) is 8.76. The molecule has 1 aromatic heterocycles. The third-order valence-electron chi connectivity index (χ3n) is 2.53. The minimum Gasteiger partial charge on any atom is -0.384 e. The van der Waals surface area contributed by atoms with Crippen LogP contribution < -0.4 is 5.73 Å². The van der Waals surface area contributed by atoms with Crippen LogP contribution in [0.2, 0.25) is 0 Å². The van der Waals surface area contributed by atoms with Gasteiger partial charge in [0.2, 0.25) is 0 Å². The second kappa shape index (κ2) is 4.80. The molecule has 1 saturated heterocycles.